The van der Waals surface area contributed by atoms with E-state index in [-0.39, 0.29) is 6.04 Å². The van der Waals surface area contributed by atoms with Crippen molar-refractivity contribution in [1.29, 1.82) is 0 Å². The lowest BCUT2D eigenvalue weighted by molar-refractivity contribution is 0.357. The lowest BCUT2D eigenvalue weighted by Crippen LogP contribution is -2.14. The fraction of sp³-hybridized carbons (Fsp3) is 0.333. The molecule has 1 aromatic heterocycles. The molecule has 0 fully saturated rings. The van der Waals surface area contributed by atoms with Crippen molar-refractivity contribution in [2.75, 3.05) is 13.7 Å². The normalized spacial score (nSPS) is 14.5. The third-order valence-corrected chi connectivity index (χ3v) is 3.48. The van der Waals surface area contributed by atoms with Gasteiger partial charge >= 0.3 is 0 Å². The van der Waals surface area contributed by atoms with Crippen molar-refractivity contribution in [3.63, 3.8) is 0 Å². The lowest BCUT2D eigenvalue weighted by Gasteiger charge is -2.13. The molecule has 2 N–H and O–H groups in total. The molecule has 1 atom stereocenters. The average Bonchev–Trinajstić information content (AvgIpc) is 2.94. The number of benzene rings is 1. The largest absolute Gasteiger partial charge is 0.493 e. The molecule has 20 heavy (non-hydrogen) atoms. The highest BCUT2D eigenvalue weighted by Gasteiger charge is 2.15. The second-order valence-electron chi connectivity index (χ2n) is 4.83. The lowest BCUT2D eigenvalue weighted by atomic mass is 9.99. The van der Waals surface area contributed by atoms with Crippen molar-refractivity contribution in [2.45, 2.75) is 18.9 Å². The van der Waals surface area contributed by atoms with Gasteiger partial charge in [0.2, 0.25) is 5.88 Å². The molecule has 1 aliphatic rings. The fourth-order valence-electron chi connectivity index (χ4n) is 2.38. The van der Waals surface area contributed by atoms with E-state index in [4.69, 9.17) is 15.2 Å². The second-order valence-corrected chi connectivity index (χ2v) is 4.83. The van der Waals surface area contributed by atoms with E-state index in [1.807, 2.05) is 18.2 Å². The molecule has 104 valence electrons. The second kappa shape index (κ2) is 5.46. The Hall–Kier alpha value is -2.14. The molecule has 1 unspecified atom stereocenters. The number of nitrogens with two attached hydrogens (primary N) is 1. The summed E-state index contributed by atoms with van der Waals surface area (Å²) in [4.78, 5) is 8.22. The summed E-state index contributed by atoms with van der Waals surface area (Å²) in [6.45, 7) is 0.761. The highest BCUT2D eigenvalue weighted by Crippen LogP contribution is 2.28. The zero-order chi connectivity index (χ0) is 13.9. The number of ether oxygens (including phenoxy) is 2. The highest BCUT2D eigenvalue weighted by atomic mass is 16.5. The van der Waals surface area contributed by atoms with Crippen LogP contribution in [0.25, 0.3) is 0 Å². The molecule has 0 saturated carbocycles. The van der Waals surface area contributed by atoms with Crippen LogP contribution < -0.4 is 15.2 Å². The van der Waals surface area contributed by atoms with Crippen molar-refractivity contribution in [3.8, 4) is 11.6 Å². The topological polar surface area (TPSA) is 70.3 Å². The summed E-state index contributed by atoms with van der Waals surface area (Å²) in [5.41, 5.74) is 9.48. The number of methoxy groups -OCH3 is 1. The van der Waals surface area contributed by atoms with Crippen molar-refractivity contribution in [2.24, 2.45) is 5.73 Å². The Morgan fingerprint density at radius 1 is 1.35 bits per heavy atom. The average molecular weight is 271 g/mol. The minimum Gasteiger partial charge on any atom is -0.493 e. The molecule has 5 nitrogen and oxygen atoms in total. The van der Waals surface area contributed by atoms with Gasteiger partial charge in [-0.25, -0.2) is 9.97 Å². The zero-order valence-electron chi connectivity index (χ0n) is 11.4. The first-order valence-electron chi connectivity index (χ1n) is 6.62. The first-order chi connectivity index (χ1) is 9.76. The maximum atomic E-state index is 6.27. The van der Waals surface area contributed by atoms with Crippen LogP contribution in [-0.4, -0.2) is 23.7 Å². The Morgan fingerprint density at radius 3 is 3.10 bits per heavy atom. The molecule has 5 heteroatoms. The standard InChI is InChI=1S/C15H17N3O2/c1-19-15-8-12(17-9-18-15)7-13(16)10-2-3-14-11(6-10)4-5-20-14/h2-3,6,8-9,13H,4-5,7,16H2,1H3. The van der Waals surface area contributed by atoms with Crippen LogP contribution in [-0.2, 0) is 12.8 Å². The van der Waals surface area contributed by atoms with Crippen LogP contribution in [0.4, 0.5) is 0 Å². The summed E-state index contributed by atoms with van der Waals surface area (Å²) in [7, 11) is 1.59. The van der Waals surface area contributed by atoms with Gasteiger partial charge in [0.15, 0.2) is 0 Å². The smallest absolute Gasteiger partial charge is 0.216 e. The van der Waals surface area contributed by atoms with Crippen molar-refractivity contribution in [3.05, 3.63) is 47.4 Å². The molecule has 3 rings (SSSR count). The Labute approximate surface area is 117 Å². The summed E-state index contributed by atoms with van der Waals surface area (Å²) in [6, 6.07) is 7.87. The molecule has 0 amide bonds. The van der Waals surface area contributed by atoms with Gasteiger partial charge in [0.1, 0.15) is 12.1 Å². The predicted molar refractivity (Wildman–Crippen MR) is 74.9 cm³/mol. The summed E-state index contributed by atoms with van der Waals surface area (Å²) >= 11 is 0. The van der Waals surface area contributed by atoms with E-state index in [1.165, 1.54) is 11.9 Å². The van der Waals surface area contributed by atoms with Gasteiger partial charge in [-0.05, 0) is 17.2 Å². The van der Waals surface area contributed by atoms with Crippen molar-refractivity contribution >= 4 is 0 Å². The van der Waals surface area contributed by atoms with E-state index < -0.39 is 0 Å². The van der Waals surface area contributed by atoms with Crippen LogP contribution in [0.2, 0.25) is 0 Å². The minimum absolute atomic E-state index is 0.0968. The predicted octanol–water partition coefficient (Wildman–Crippen LogP) is 1.66. The first-order valence-corrected chi connectivity index (χ1v) is 6.62. The number of nitrogens with zero attached hydrogens (tertiary/aromatic N) is 2. The Bertz CT molecular complexity index is 616. The van der Waals surface area contributed by atoms with E-state index in [0.717, 1.165) is 30.0 Å². The van der Waals surface area contributed by atoms with Gasteiger partial charge in [0.25, 0.3) is 0 Å². The summed E-state index contributed by atoms with van der Waals surface area (Å²) in [5.74, 6) is 1.54. The van der Waals surface area contributed by atoms with Gasteiger partial charge in [0.05, 0.1) is 13.7 Å². The van der Waals surface area contributed by atoms with Crippen LogP contribution in [0.3, 0.4) is 0 Å². The number of rotatable bonds is 4. The minimum atomic E-state index is -0.0968. The molecule has 0 saturated heterocycles. The first kappa shape index (κ1) is 12.9. The van der Waals surface area contributed by atoms with Crippen LogP contribution in [0.15, 0.2) is 30.6 Å². The number of hydrogen-bond donors (Lipinski definition) is 1. The van der Waals surface area contributed by atoms with Crippen molar-refractivity contribution < 1.29 is 9.47 Å². The summed E-state index contributed by atoms with van der Waals surface area (Å²) in [6.07, 6.45) is 3.10. The monoisotopic (exact) mass is 271 g/mol. The number of fused-ring (bicyclic) bond motifs is 1. The van der Waals surface area contributed by atoms with Gasteiger partial charge in [-0.2, -0.15) is 0 Å². The van der Waals surface area contributed by atoms with Gasteiger partial charge in [-0.1, -0.05) is 12.1 Å². The van der Waals surface area contributed by atoms with Gasteiger partial charge in [-0.3, -0.25) is 0 Å². The third-order valence-electron chi connectivity index (χ3n) is 3.48. The molecule has 2 heterocycles. The molecule has 0 radical (unpaired) electrons. The van der Waals surface area contributed by atoms with E-state index in [9.17, 15) is 0 Å². The quantitative estimate of drug-likeness (QED) is 0.915. The molecular formula is C15H17N3O2. The Balaban J connectivity index is 1.77. The maximum Gasteiger partial charge on any atom is 0.216 e. The van der Waals surface area contributed by atoms with Crippen LogP contribution in [0.1, 0.15) is 22.9 Å². The van der Waals surface area contributed by atoms with E-state index >= 15 is 0 Å². The molecule has 0 spiro atoms. The van der Waals surface area contributed by atoms with E-state index in [1.54, 1.807) is 7.11 Å². The maximum absolute atomic E-state index is 6.27. The van der Waals surface area contributed by atoms with E-state index in [0.29, 0.717) is 12.3 Å². The highest BCUT2D eigenvalue weighted by molar-refractivity contribution is 5.41. The summed E-state index contributed by atoms with van der Waals surface area (Å²) < 4.78 is 10.6. The molecule has 1 aliphatic heterocycles. The molecule has 0 bridgehead atoms. The van der Waals surface area contributed by atoms with Crippen LogP contribution >= 0.6 is 0 Å². The Morgan fingerprint density at radius 2 is 2.25 bits per heavy atom. The van der Waals surface area contributed by atoms with Gasteiger partial charge < -0.3 is 15.2 Å². The number of aromatic nitrogens is 2. The zero-order valence-corrected chi connectivity index (χ0v) is 11.4. The molecule has 0 aliphatic carbocycles. The molecule has 1 aromatic carbocycles. The van der Waals surface area contributed by atoms with E-state index in [2.05, 4.69) is 16.0 Å². The number of hydrogen-bond acceptors (Lipinski definition) is 5. The van der Waals surface area contributed by atoms with Gasteiger partial charge in [0, 0.05) is 30.6 Å². The fourth-order valence-corrected chi connectivity index (χ4v) is 2.38. The summed E-state index contributed by atoms with van der Waals surface area (Å²) in [5, 5.41) is 0. The van der Waals surface area contributed by atoms with Crippen LogP contribution in [0, 0.1) is 0 Å². The van der Waals surface area contributed by atoms with Crippen LogP contribution in [0.5, 0.6) is 11.6 Å². The molecular weight excluding hydrogens is 254 g/mol. The SMILES string of the molecule is COc1cc(CC(N)c2ccc3c(c2)CCO3)ncn1. The molecule has 2 aromatic rings. The van der Waals surface area contributed by atoms with Gasteiger partial charge in [-0.15, -0.1) is 0 Å². The van der Waals surface area contributed by atoms with Crippen molar-refractivity contribution in [1.82, 2.24) is 9.97 Å². The third kappa shape index (κ3) is 2.58. The Kier molecular flexibility index (Phi) is 3.52.